The molecule has 8 heteroatoms. The number of nitrogens with zero attached hydrogens (tertiary/aromatic N) is 3. The molecule has 1 unspecified atom stereocenters. The van der Waals surface area contributed by atoms with Crippen LogP contribution in [0.3, 0.4) is 0 Å². The first-order chi connectivity index (χ1) is 13.0. The van der Waals surface area contributed by atoms with Crippen molar-refractivity contribution in [2.45, 2.75) is 25.9 Å². The lowest BCUT2D eigenvalue weighted by Gasteiger charge is -2.18. The Hall–Kier alpha value is -2.93. The van der Waals surface area contributed by atoms with E-state index in [2.05, 4.69) is 15.6 Å². The molecule has 27 heavy (non-hydrogen) atoms. The van der Waals surface area contributed by atoms with Gasteiger partial charge in [0.1, 0.15) is 5.52 Å². The third-order valence-corrected chi connectivity index (χ3v) is 4.50. The van der Waals surface area contributed by atoms with Gasteiger partial charge in [-0.15, -0.1) is 5.10 Å². The second kappa shape index (κ2) is 8.18. The number of esters is 1. The number of ether oxygens (including phenoxy) is 1. The van der Waals surface area contributed by atoms with Gasteiger partial charge in [-0.05, 0) is 42.8 Å². The van der Waals surface area contributed by atoms with Crippen LogP contribution in [0.25, 0.3) is 11.0 Å². The van der Waals surface area contributed by atoms with Gasteiger partial charge in [-0.1, -0.05) is 28.9 Å². The first-order valence-corrected chi connectivity index (χ1v) is 8.86. The van der Waals surface area contributed by atoms with Crippen molar-refractivity contribution in [2.75, 3.05) is 7.11 Å². The Labute approximate surface area is 161 Å². The lowest BCUT2D eigenvalue weighted by Crippen LogP contribution is -2.30. The minimum absolute atomic E-state index is 0.0120. The number of hydrogen-bond acceptors (Lipinski definition) is 5. The number of rotatable bonds is 6. The number of carbonyl (C=O) groups excluding carboxylic acids is 2. The van der Waals surface area contributed by atoms with Crippen LogP contribution in [0, 0.1) is 0 Å². The molecule has 0 radical (unpaired) electrons. The SMILES string of the molecule is CCn1nnc2cc(C(=O)NC(CC(=O)OC)c3ccc(Cl)cc3)ccc21. The van der Waals surface area contributed by atoms with Gasteiger partial charge in [0.2, 0.25) is 0 Å². The molecular weight excluding hydrogens is 368 g/mol. The van der Waals surface area contributed by atoms with Crippen LogP contribution in [0.2, 0.25) is 5.02 Å². The van der Waals surface area contributed by atoms with Crippen LogP contribution >= 0.6 is 11.6 Å². The fraction of sp³-hybridized carbons (Fsp3) is 0.263. The quantitative estimate of drug-likeness (QED) is 0.658. The van der Waals surface area contributed by atoms with E-state index in [-0.39, 0.29) is 12.3 Å². The lowest BCUT2D eigenvalue weighted by molar-refractivity contribution is -0.141. The van der Waals surface area contributed by atoms with E-state index in [1.165, 1.54) is 7.11 Å². The number of aryl methyl sites for hydroxylation is 1. The highest BCUT2D eigenvalue weighted by molar-refractivity contribution is 6.30. The number of benzene rings is 2. The summed E-state index contributed by atoms with van der Waals surface area (Å²) in [4.78, 5) is 24.5. The number of nitrogens with one attached hydrogen (secondary N) is 1. The summed E-state index contributed by atoms with van der Waals surface area (Å²) in [6.45, 7) is 2.66. The van der Waals surface area contributed by atoms with E-state index in [0.29, 0.717) is 22.6 Å². The molecule has 2 aromatic carbocycles. The van der Waals surface area contributed by atoms with E-state index >= 15 is 0 Å². The lowest BCUT2D eigenvalue weighted by atomic mass is 10.0. The molecule has 1 aromatic heterocycles. The summed E-state index contributed by atoms with van der Waals surface area (Å²) >= 11 is 5.93. The molecule has 1 N–H and O–H groups in total. The molecule has 0 aliphatic heterocycles. The fourth-order valence-corrected chi connectivity index (χ4v) is 2.91. The van der Waals surface area contributed by atoms with Crippen molar-refractivity contribution in [1.82, 2.24) is 20.3 Å². The average Bonchev–Trinajstić information content (AvgIpc) is 3.10. The smallest absolute Gasteiger partial charge is 0.307 e. The first kappa shape index (κ1) is 18.8. The third-order valence-electron chi connectivity index (χ3n) is 4.25. The largest absolute Gasteiger partial charge is 0.469 e. The number of hydrogen-bond donors (Lipinski definition) is 1. The summed E-state index contributed by atoms with van der Waals surface area (Å²) in [6.07, 6.45) is 0.0120. The Morgan fingerprint density at radius 3 is 2.63 bits per heavy atom. The second-order valence-electron chi connectivity index (χ2n) is 5.97. The summed E-state index contributed by atoms with van der Waals surface area (Å²) in [6, 6.07) is 11.6. The van der Waals surface area contributed by atoms with E-state index in [0.717, 1.165) is 11.1 Å². The minimum Gasteiger partial charge on any atom is -0.469 e. The van der Waals surface area contributed by atoms with E-state index in [4.69, 9.17) is 16.3 Å². The summed E-state index contributed by atoms with van der Waals surface area (Å²) in [5.74, 6) is -0.733. The van der Waals surface area contributed by atoms with Crippen molar-refractivity contribution in [3.63, 3.8) is 0 Å². The van der Waals surface area contributed by atoms with Crippen LogP contribution in [0.5, 0.6) is 0 Å². The van der Waals surface area contributed by atoms with Gasteiger partial charge >= 0.3 is 5.97 Å². The Kier molecular flexibility index (Phi) is 5.71. The van der Waals surface area contributed by atoms with Crippen LogP contribution in [0.1, 0.15) is 35.3 Å². The van der Waals surface area contributed by atoms with Gasteiger partial charge in [-0.25, -0.2) is 4.68 Å². The van der Waals surface area contributed by atoms with Gasteiger partial charge < -0.3 is 10.1 Å². The van der Waals surface area contributed by atoms with Crippen molar-refractivity contribution >= 4 is 34.5 Å². The Balaban J connectivity index is 1.84. The normalized spacial score (nSPS) is 12.0. The molecule has 0 fully saturated rings. The molecule has 7 nitrogen and oxygen atoms in total. The first-order valence-electron chi connectivity index (χ1n) is 8.48. The van der Waals surface area contributed by atoms with Crippen LogP contribution < -0.4 is 5.32 Å². The third kappa shape index (κ3) is 4.25. The molecule has 0 aliphatic carbocycles. The maximum atomic E-state index is 12.7. The van der Waals surface area contributed by atoms with Gasteiger partial charge in [0.05, 0.1) is 25.1 Å². The zero-order valence-electron chi connectivity index (χ0n) is 15.0. The van der Waals surface area contributed by atoms with Crippen LogP contribution in [0.15, 0.2) is 42.5 Å². The van der Waals surface area contributed by atoms with Gasteiger partial charge in [0.15, 0.2) is 0 Å². The fourth-order valence-electron chi connectivity index (χ4n) is 2.79. The van der Waals surface area contributed by atoms with E-state index in [1.807, 2.05) is 13.0 Å². The molecule has 0 saturated carbocycles. The topological polar surface area (TPSA) is 86.1 Å². The van der Waals surface area contributed by atoms with Crippen LogP contribution in [-0.2, 0) is 16.1 Å². The summed E-state index contributed by atoms with van der Waals surface area (Å²) in [5, 5.41) is 11.6. The van der Waals surface area contributed by atoms with Gasteiger partial charge in [-0.2, -0.15) is 0 Å². The Morgan fingerprint density at radius 2 is 1.96 bits per heavy atom. The zero-order valence-corrected chi connectivity index (χ0v) is 15.7. The summed E-state index contributed by atoms with van der Waals surface area (Å²) in [7, 11) is 1.31. The number of fused-ring (bicyclic) bond motifs is 1. The molecule has 0 aliphatic rings. The maximum absolute atomic E-state index is 12.7. The minimum atomic E-state index is -0.538. The molecule has 0 spiro atoms. The van der Waals surface area contributed by atoms with Crippen LogP contribution in [-0.4, -0.2) is 34.0 Å². The van der Waals surface area contributed by atoms with E-state index in [1.54, 1.807) is 41.1 Å². The van der Waals surface area contributed by atoms with Gasteiger partial charge in [-0.3, -0.25) is 9.59 Å². The molecule has 1 atom stereocenters. The van der Waals surface area contributed by atoms with Crippen LogP contribution in [0.4, 0.5) is 0 Å². The van der Waals surface area contributed by atoms with Crippen molar-refractivity contribution in [1.29, 1.82) is 0 Å². The molecule has 0 saturated heterocycles. The highest BCUT2D eigenvalue weighted by Gasteiger charge is 2.20. The molecule has 3 aromatic rings. The molecule has 1 heterocycles. The molecule has 0 bridgehead atoms. The molecule has 1 amide bonds. The number of halogens is 1. The number of methoxy groups -OCH3 is 1. The average molecular weight is 387 g/mol. The Morgan fingerprint density at radius 1 is 1.22 bits per heavy atom. The van der Waals surface area contributed by atoms with Gasteiger partial charge in [0, 0.05) is 17.1 Å². The number of aromatic nitrogens is 3. The highest BCUT2D eigenvalue weighted by Crippen LogP contribution is 2.21. The van der Waals surface area contributed by atoms with Gasteiger partial charge in [0.25, 0.3) is 5.91 Å². The van der Waals surface area contributed by atoms with E-state index in [9.17, 15) is 9.59 Å². The van der Waals surface area contributed by atoms with Crippen molar-refractivity contribution in [2.24, 2.45) is 0 Å². The monoisotopic (exact) mass is 386 g/mol. The van der Waals surface area contributed by atoms with E-state index < -0.39 is 12.0 Å². The van der Waals surface area contributed by atoms with Crippen molar-refractivity contribution in [3.8, 4) is 0 Å². The maximum Gasteiger partial charge on any atom is 0.307 e. The molecular formula is C19H19ClN4O3. The highest BCUT2D eigenvalue weighted by atomic mass is 35.5. The zero-order chi connectivity index (χ0) is 19.4. The number of carbonyl (C=O) groups is 2. The molecule has 140 valence electrons. The standard InChI is InChI=1S/C19H19ClN4O3/c1-3-24-17-9-6-13(10-16(17)22-23-24)19(26)21-15(11-18(25)27-2)12-4-7-14(20)8-5-12/h4-10,15H,3,11H2,1-2H3,(H,21,26). The number of amides is 1. The summed E-state index contributed by atoms with van der Waals surface area (Å²) < 4.78 is 6.50. The van der Waals surface area contributed by atoms with Crippen molar-refractivity contribution in [3.05, 3.63) is 58.6 Å². The van der Waals surface area contributed by atoms with Crippen molar-refractivity contribution < 1.29 is 14.3 Å². The summed E-state index contributed by atoms with van der Waals surface area (Å²) in [5.41, 5.74) is 2.70. The Bertz CT molecular complexity index is 969. The second-order valence-corrected chi connectivity index (χ2v) is 6.40. The predicted octanol–water partition coefficient (Wildman–Crippen LogP) is 3.14. The molecule has 3 rings (SSSR count). The predicted molar refractivity (Wildman–Crippen MR) is 101 cm³/mol.